The van der Waals surface area contributed by atoms with Crippen LogP contribution in [0.15, 0.2) is 24.3 Å². The minimum atomic E-state index is -0.0696. The van der Waals surface area contributed by atoms with E-state index in [1.165, 1.54) is 12.8 Å². The van der Waals surface area contributed by atoms with Crippen molar-refractivity contribution in [3.63, 3.8) is 0 Å². The minimum absolute atomic E-state index is 0.0257. The predicted molar refractivity (Wildman–Crippen MR) is 89.0 cm³/mol. The number of carbonyl (C=O) groups is 1. The maximum Gasteiger partial charge on any atom is 0.227 e. The summed E-state index contributed by atoms with van der Waals surface area (Å²) >= 11 is 5.95. The molecule has 2 saturated carbocycles. The van der Waals surface area contributed by atoms with E-state index in [0.717, 1.165) is 12.0 Å². The van der Waals surface area contributed by atoms with Gasteiger partial charge < -0.3 is 15.4 Å². The molecule has 0 aromatic heterocycles. The first-order valence-corrected chi connectivity index (χ1v) is 8.92. The van der Waals surface area contributed by atoms with E-state index < -0.39 is 0 Å². The summed E-state index contributed by atoms with van der Waals surface area (Å²) in [5, 5.41) is 0.713. The highest BCUT2D eigenvalue weighted by atomic mass is 35.5. The van der Waals surface area contributed by atoms with Crippen molar-refractivity contribution in [1.82, 2.24) is 4.90 Å². The zero-order valence-electron chi connectivity index (χ0n) is 13.2. The van der Waals surface area contributed by atoms with E-state index in [0.29, 0.717) is 36.6 Å². The fraction of sp³-hybridized carbons (Fsp3) is 0.611. The highest BCUT2D eigenvalue weighted by Crippen LogP contribution is 2.48. The molecule has 2 bridgehead atoms. The number of ether oxygens (including phenoxy) is 1. The van der Waals surface area contributed by atoms with Crippen LogP contribution < -0.4 is 5.73 Å². The van der Waals surface area contributed by atoms with Crippen molar-refractivity contribution < 1.29 is 9.53 Å². The fourth-order valence-electron chi connectivity index (χ4n) is 4.64. The van der Waals surface area contributed by atoms with E-state index in [-0.39, 0.29) is 24.0 Å². The van der Waals surface area contributed by atoms with Gasteiger partial charge in [-0.15, -0.1) is 0 Å². The van der Waals surface area contributed by atoms with E-state index in [9.17, 15) is 4.79 Å². The second-order valence-electron chi connectivity index (χ2n) is 7.13. The van der Waals surface area contributed by atoms with Crippen LogP contribution in [-0.4, -0.2) is 36.5 Å². The third-order valence-electron chi connectivity index (χ3n) is 5.89. The lowest BCUT2D eigenvalue weighted by Crippen LogP contribution is -2.50. The molecule has 1 aromatic carbocycles. The molecule has 0 radical (unpaired) electrons. The van der Waals surface area contributed by atoms with Gasteiger partial charge in [0.05, 0.1) is 19.1 Å². The van der Waals surface area contributed by atoms with Gasteiger partial charge in [-0.05, 0) is 48.8 Å². The number of halogens is 1. The standard InChI is InChI=1S/C18H23ClN2O2/c19-14-5-3-11(4-6-14)15-10-21(7-8-23-15)18(22)16-12-1-2-13(9-12)17(16)20/h3-6,12-13,15-17H,1-2,7-10,20H2. The van der Waals surface area contributed by atoms with Gasteiger partial charge in [-0.3, -0.25) is 4.79 Å². The third kappa shape index (κ3) is 2.77. The lowest BCUT2D eigenvalue weighted by atomic mass is 9.84. The Balaban J connectivity index is 1.47. The number of benzene rings is 1. The van der Waals surface area contributed by atoms with Gasteiger partial charge in [-0.1, -0.05) is 23.7 Å². The van der Waals surface area contributed by atoms with Crippen LogP contribution in [0.1, 0.15) is 30.9 Å². The molecule has 4 nitrogen and oxygen atoms in total. The van der Waals surface area contributed by atoms with E-state index in [1.54, 1.807) is 0 Å². The van der Waals surface area contributed by atoms with Gasteiger partial charge in [0.2, 0.25) is 5.91 Å². The van der Waals surface area contributed by atoms with E-state index in [4.69, 9.17) is 22.1 Å². The Morgan fingerprint density at radius 3 is 2.65 bits per heavy atom. The van der Waals surface area contributed by atoms with Crippen LogP contribution in [0, 0.1) is 17.8 Å². The van der Waals surface area contributed by atoms with Gasteiger partial charge in [-0.2, -0.15) is 0 Å². The van der Waals surface area contributed by atoms with Crippen molar-refractivity contribution in [2.45, 2.75) is 31.4 Å². The molecule has 5 heteroatoms. The summed E-state index contributed by atoms with van der Waals surface area (Å²) in [7, 11) is 0. The zero-order chi connectivity index (χ0) is 16.0. The Morgan fingerprint density at radius 1 is 1.22 bits per heavy atom. The molecule has 3 aliphatic rings. The van der Waals surface area contributed by atoms with Crippen molar-refractivity contribution in [2.24, 2.45) is 23.5 Å². The maximum absolute atomic E-state index is 13.0. The second kappa shape index (κ2) is 6.08. The molecule has 1 saturated heterocycles. The van der Waals surface area contributed by atoms with Crippen molar-refractivity contribution in [2.75, 3.05) is 19.7 Å². The summed E-state index contributed by atoms with van der Waals surface area (Å²) in [5.41, 5.74) is 7.41. The van der Waals surface area contributed by atoms with Crippen molar-refractivity contribution in [3.05, 3.63) is 34.9 Å². The molecule has 5 atom stereocenters. The number of nitrogens with two attached hydrogens (primary N) is 1. The molecule has 1 heterocycles. The number of fused-ring (bicyclic) bond motifs is 2. The monoisotopic (exact) mass is 334 g/mol. The summed E-state index contributed by atoms with van der Waals surface area (Å²) in [6.45, 7) is 1.86. The molecule has 3 fully saturated rings. The summed E-state index contributed by atoms with van der Waals surface area (Å²) in [6, 6.07) is 7.74. The largest absolute Gasteiger partial charge is 0.370 e. The number of amides is 1. The van der Waals surface area contributed by atoms with Crippen LogP contribution >= 0.6 is 11.6 Å². The van der Waals surface area contributed by atoms with Crippen LogP contribution in [0.5, 0.6) is 0 Å². The van der Waals surface area contributed by atoms with Gasteiger partial charge in [0.25, 0.3) is 0 Å². The molecule has 2 aliphatic carbocycles. The van der Waals surface area contributed by atoms with Crippen LogP contribution in [0.4, 0.5) is 0 Å². The molecule has 23 heavy (non-hydrogen) atoms. The molecule has 1 amide bonds. The van der Waals surface area contributed by atoms with Gasteiger partial charge in [0, 0.05) is 17.6 Å². The van der Waals surface area contributed by atoms with E-state index >= 15 is 0 Å². The highest BCUT2D eigenvalue weighted by Gasteiger charge is 2.50. The Bertz CT molecular complexity index is 589. The number of morpholine rings is 1. The topological polar surface area (TPSA) is 55.6 Å². The second-order valence-corrected chi connectivity index (χ2v) is 7.57. The first-order chi connectivity index (χ1) is 11.1. The minimum Gasteiger partial charge on any atom is -0.370 e. The normalized spacial score (nSPS) is 36.4. The smallest absolute Gasteiger partial charge is 0.227 e. The molecule has 0 spiro atoms. The first-order valence-electron chi connectivity index (χ1n) is 8.55. The molecule has 1 aliphatic heterocycles. The molecule has 5 unspecified atom stereocenters. The Labute approximate surface area is 141 Å². The van der Waals surface area contributed by atoms with Crippen LogP contribution in [0.2, 0.25) is 5.02 Å². The SMILES string of the molecule is NC1C2CCC(C2)C1C(=O)N1CCOC(c2ccc(Cl)cc2)C1. The quantitative estimate of drug-likeness (QED) is 0.904. The number of nitrogens with zero attached hydrogens (tertiary/aromatic N) is 1. The molecule has 1 aromatic rings. The fourth-order valence-corrected chi connectivity index (χ4v) is 4.77. The van der Waals surface area contributed by atoms with Gasteiger partial charge in [-0.25, -0.2) is 0 Å². The van der Waals surface area contributed by atoms with Crippen LogP contribution in [-0.2, 0) is 9.53 Å². The summed E-state index contributed by atoms with van der Waals surface area (Å²) < 4.78 is 5.87. The predicted octanol–water partition coefficient (Wildman–Crippen LogP) is 2.61. The van der Waals surface area contributed by atoms with Gasteiger partial charge in [0.15, 0.2) is 0 Å². The molecule has 4 rings (SSSR count). The molecular weight excluding hydrogens is 312 g/mol. The maximum atomic E-state index is 13.0. The molecular formula is C18H23ClN2O2. The lowest BCUT2D eigenvalue weighted by Gasteiger charge is -2.37. The van der Waals surface area contributed by atoms with Gasteiger partial charge in [0.1, 0.15) is 6.10 Å². The van der Waals surface area contributed by atoms with Gasteiger partial charge >= 0.3 is 0 Å². The van der Waals surface area contributed by atoms with Crippen molar-refractivity contribution in [1.29, 1.82) is 0 Å². The van der Waals surface area contributed by atoms with Crippen LogP contribution in [0.3, 0.4) is 0 Å². The third-order valence-corrected chi connectivity index (χ3v) is 6.14. The van der Waals surface area contributed by atoms with E-state index in [2.05, 4.69) is 0 Å². The molecule has 124 valence electrons. The summed E-state index contributed by atoms with van der Waals surface area (Å²) in [5.74, 6) is 1.33. The van der Waals surface area contributed by atoms with Crippen molar-refractivity contribution in [3.8, 4) is 0 Å². The average molecular weight is 335 g/mol. The summed E-state index contributed by atoms with van der Waals surface area (Å²) in [6.07, 6.45) is 3.44. The van der Waals surface area contributed by atoms with E-state index in [1.807, 2.05) is 29.2 Å². The summed E-state index contributed by atoms with van der Waals surface area (Å²) in [4.78, 5) is 15.0. The Hall–Kier alpha value is -1.10. The lowest BCUT2D eigenvalue weighted by molar-refractivity contribution is -0.145. The Kier molecular flexibility index (Phi) is 4.08. The zero-order valence-corrected chi connectivity index (χ0v) is 13.9. The number of hydrogen-bond acceptors (Lipinski definition) is 3. The molecule has 2 N–H and O–H groups in total. The first kappa shape index (κ1) is 15.4. The van der Waals surface area contributed by atoms with Crippen molar-refractivity contribution >= 4 is 17.5 Å². The Morgan fingerprint density at radius 2 is 1.96 bits per heavy atom. The average Bonchev–Trinajstić information content (AvgIpc) is 3.16. The highest BCUT2D eigenvalue weighted by molar-refractivity contribution is 6.30. The van der Waals surface area contributed by atoms with Crippen LogP contribution in [0.25, 0.3) is 0 Å². The number of rotatable bonds is 2. The number of carbonyl (C=O) groups excluding carboxylic acids is 1. The number of hydrogen-bond donors (Lipinski definition) is 1.